The number of nitrogens with zero attached hydrogens (tertiary/aromatic N) is 4. The summed E-state index contributed by atoms with van der Waals surface area (Å²) < 4.78 is 5.81. The summed E-state index contributed by atoms with van der Waals surface area (Å²) in [4.78, 5) is 29.3. The van der Waals surface area contributed by atoms with E-state index in [1.807, 2.05) is 30.3 Å². The third-order valence-corrected chi connectivity index (χ3v) is 3.89. The number of benzene rings is 1. The number of H-pyrrole nitrogens is 1. The Hall–Kier alpha value is -2.80. The Kier molecular flexibility index (Phi) is 3.47. The van der Waals surface area contributed by atoms with Crippen LogP contribution in [-0.2, 0) is 11.3 Å². The van der Waals surface area contributed by atoms with Gasteiger partial charge < -0.3 is 14.6 Å². The maximum atomic E-state index is 12.5. The fraction of sp³-hybridized carbons (Fsp3) is 0.250. The number of carbonyl (C=O) groups is 1. The van der Waals surface area contributed by atoms with Crippen LogP contribution in [0.5, 0.6) is 0 Å². The van der Waals surface area contributed by atoms with Crippen molar-refractivity contribution in [1.82, 2.24) is 24.8 Å². The second-order valence-corrected chi connectivity index (χ2v) is 5.45. The van der Waals surface area contributed by atoms with Crippen LogP contribution in [-0.4, -0.2) is 49.9 Å². The van der Waals surface area contributed by atoms with Crippen molar-refractivity contribution in [2.45, 2.75) is 12.7 Å². The zero-order valence-corrected chi connectivity index (χ0v) is 12.3. The van der Waals surface area contributed by atoms with Crippen molar-refractivity contribution in [3.63, 3.8) is 0 Å². The van der Waals surface area contributed by atoms with E-state index < -0.39 is 0 Å². The Balaban J connectivity index is 1.36. The van der Waals surface area contributed by atoms with Crippen LogP contribution in [0.1, 0.15) is 16.1 Å². The Bertz CT molecular complexity index is 827. The van der Waals surface area contributed by atoms with Crippen molar-refractivity contribution in [1.29, 1.82) is 0 Å². The molecule has 7 heteroatoms. The molecule has 1 amide bonds. The van der Waals surface area contributed by atoms with Crippen molar-refractivity contribution in [3.8, 4) is 0 Å². The molecule has 23 heavy (non-hydrogen) atoms. The minimum atomic E-state index is -0.124. The molecular weight excluding hydrogens is 294 g/mol. The number of hydrogen-bond donors (Lipinski definition) is 1. The van der Waals surface area contributed by atoms with Gasteiger partial charge in [0.1, 0.15) is 11.8 Å². The van der Waals surface area contributed by atoms with E-state index in [1.165, 1.54) is 12.7 Å². The molecule has 1 aliphatic rings. The molecule has 0 unspecified atom stereocenters. The highest BCUT2D eigenvalue weighted by atomic mass is 16.5. The monoisotopic (exact) mass is 309 g/mol. The zero-order valence-electron chi connectivity index (χ0n) is 12.3. The highest BCUT2D eigenvalue weighted by Gasteiger charge is 2.33. The standard InChI is InChI=1S/C16H15N5O2/c22-16(14-13-15(19-9-17-13)20-10-18-14)21-6-12(7-21)23-8-11-4-2-1-3-5-11/h1-5,9-10,12H,6-8H2,(H,17,18,19,20). The fourth-order valence-electron chi connectivity index (χ4n) is 2.57. The summed E-state index contributed by atoms with van der Waals surface area (Å²) in [5, 5.41) is 0. The minimum absolute atomic E-state index is 0.0678. The van der Waals surface area contributed by atoms with Gasteiger partial charge >= 0.3 is 0 Å². The summed E-state index contributed by atoms with van der Waals surface area (Å²) in [7, 11) is 0. The molecule has 1 fully saturated rings. The summed E-state index contributed by atoms with van der Waals surface area (Å²) in [6.45, 7) is 1.71. The minimum Gasteiger partial charge on any atom is -0.370 e. The SMILES string of the molecule is O=C(c1ncnc2nc[nH]c12)N1CC(OCc2ccccc2)C1. The first-order chi connectivity index (χ1) is 11.3. The molecule has 1 aliphatic heterocycles. The van der Waals surface area contributed by atoms with E-state index in [1.54, 1.807) is 4.90 Å². The lowest BCUT2D eigenvalue weighted by molar-refractivity contribution is -0.0504. The highest BCUT2D eigenvalue weighted by molar-refractivity contribution is 6.02. The van der Waals surface area contributed by atoms with Gasteiger partial charge in [-0.25, -0.2) is 15.0 Å². The molecule has 0 aliphatic carbocycles. The van der Waals surface area contributed by atoms with Crippen molar-refractivity contribution >= 4 is 17.1 Å². The topological polar surface area (TPSA) is 84.0 Å². The molecule has 0 atom stereocenters. The van der Waals surface area contributed by atoms with Crippen LogP contribution in [0, 0.1) is 0 Å². The third kappa shape index (κ3) is 2.66. The number of ether oxygens (including phenoxy) is 1. The van der Waals surface area contributed by atoms with Crippen LogP contribution in [0.25, 0.3) is 11.2 Å². The number of amides is 1. The van der Waals surface area contributed by atoms with E-state index >= 15 is 0 Å². The largest absolute Gasteiger partial charge is 0.370 e. The number of nitrogens with one attached hydrogen (secondary N) is 1. The molecule has 116 valence electrons. The summed E-state index contributed by atoms with van der Waals surface area (Å²) in [6, 6.07) is 10.0. The smallest absolute Gasteiger partial charge is 0.275 e. The van der Waals surface area contributed by atoms with Crippen molar-refractivity contribution in [2.24, 2.45) is 0 Å². The molecule has 0 saturated carbocycles. The highest BCUT2D eigenvalue weighted by Crippen LogP contribution is 2.19. The average molecular weight is 309 g/mol. The van der Waals surface area contributed by atoms with Crippen LogP contribution in [0.15, 0.2) is 43.0 Å². The Morgan fingerprint density at radius 3 is 2.87 bits per heavy atom. The number of rotatable bonds is 4. The van der Waals surface area contributed by atoms with Gasteiger partial charge in [-0.1, -0.05) is 30.3 Å². The molecule has 0 bridgehead atoms. The first kappa shape index (κ1) is 13.8. The lowest BCUT2D eigenvalue weighted by atomic mass is 10.1. The molecule has 2 aromatic heterocycles. The Labute approximate surface area is 132 Å². The van der Waals surface area contributed by atoms with Crippen LogP contribution in [0.3, 0.4) is 0 Å². The summed E-state index contributed by atoms with van der Waals surface area (Å²) in [5.41, 5.74) is 2.56. The molecular formula is C16H15N5O2. The quantitative estimate of drug-likeness (QED) is 0.787. The first-order valence-corrected chi connectivity index (χ1v) is 7.40. The van der Waals surface area contributed by atoms with E-state index in [-0.39, 0.29) is 12.0 Å². The molecule has 4 rings (SSSR count). The van der Waals surface area contributed by atoms with Gasteiger partial charge in [-0.3, -0.25) is 4.79 Å². The zero-order chi connectivity index (χ0) is 15.6. The third-order valence-electron chi connectivity index (χ3n) is 3.89. The average Bonchev–Trinajstić information content (AvgIpc) is 3.02. The van der Waals surface area contributed by atoms with Gasteiger partial charge in [0.2, 0.25) is 0 Å². The number of aromatic nitrogens is 4. The second-order valence-electron chi connectivity index (χ2n) is 5.45. The van der Waals surface area contributed by atoms with Crippen molar-refractivity contribution in [2.75, 3.05) is 13.1 Å². The lowest BCUT2D eigenvalue weighted by Crippen LogP contribution is -2.54. The number of imidazole rings is 1. The van der Waals surface area contributed by atoms with Gasteiger partial charge in [-0.15, -0.1) is 0 Å². The summed E-state index contributed by atoms with van der Waals surface area (Å²) in [6.07, 6.45) is 2.94. The first-order valence-electron chi connectivity index (χ1n) is 7.40. The van der Waals surface area contributed by atoms with Gasteiger partial charge in [0.05, 0.1) is 19.0 Å². The van der Waals surface area contributed by atoms with E-state index in [2.05, 4.69) is 19.9 Å². The van der Waals surface area contributed by atoms with Gasteiger partial charge in [0, 0.05) is 13.1 Å². The van der Waals surface area contributed by atoms with Gasteiger partial charge in [0.15, 0.2) is 11.3 Å². The van der Waals surface area contributed by atoms with E-state index in [4.69, 9.17) is 4.74 Å². The predicted octanol–water partition coefficient (Wildman–Crippen LogP) is 1.39. The number of likely N-dealkylation sites (tertiary alicyclic amines) is 1. The molecule has 1 saturated heterocycles. The maximum absolute atomic E-state index is 12.5. The number of fused-ring (bicyclic) bond motifs is 1. The molecule has 3 aromatic rings. The predicted molar refractivity (Wildman–Crippen MR) is 82.6 cm³/mol. The van der Waals surface area contributed by atoms with Crippen LogP contribution < -0.4 is 0 Å². The summed E-state index contributed by atoms with van der Waals surface area (Å²) in [5.74, 6) is -0.124. The van der Waals surface area contributed by atoms with E-state index in [0.717, 1.165) is 5.56 Å². The number of carbonyl (C=O) groups excluding carboxylic acids is 1. The Morgan fingerprint density at radius 1 is 1.22 bits per heavy atom. The second kappa shape index (κ2) is 5.77. The molecule has 0 spiro atoms. The van der Waals surface area contributed by atoms with Crippen molar-refractivity contribution in [3.05, 3.63) is 54.2 Å². The number of aromatic amines is 1. The van der Waals surface area contributed by atoms with E-state index in [9.17, 15) is 4.79 Å². The number of hydrogen-bond acceptors (Lipinski definition) is 5. The van der Waals surface area contributed by atoms with E-state index in [0.29, 0.717) is 36.6 Å². The van der Waals surface area contributed by atoms with Crippen LogP contribution >= 0.6 is 0 Å². The van der Waals surface area contributed by atoms with Gasteiger partial charge in [0.25, 0.3) is 5.91 Å². The molecule has 0 radical (unpaired) electrons. The maximum Gasteiger partial charge on any atom is 0.275 e. The Morgan fingerprint density at radius 2 is 2.04 bits per heavy atom. The summed E-state index contributed by atoms with van der Waals surface area (Å²) >= 11 is 0. The lowest BCUT2D eigenvalue weighted by Gasteiger charge is -2.38. The van der Waals surface area contributed by atoms with Crippen LogP contribution in [0.4, 0.5) is 0 Å². The fourth-order valence-corrected chi connectivity index (χ4v) is 2.57. The van der Waals surface area contributed by atoms with Gasteiger partial charge in [-0.2, -0.15) is 0 Å². The molecule has 1 N–H and O–H groups in total. The molecule has 3 heterocycles. The molecule has 1 aromatic carbocycles. The van der Waals surface area contributed by atoms with Crippen LogP contribution in [0.2, 0.25) is 0 Å². The normalized spacial score (nSPS) is 14.9. The van der Waals surface area contributed by atoms with Gasteiger partial charge in [-0.05, 0) is 5.56 Å². The molecule has 7 nitrogen and oxygen atoms in total. The van der Waals surface area contributed by atoms with Crippen molar-refractivity contribution < 1.29 is 9.53 Å².